The van der Waals surface area contributed by atoms with E-state index in [0.29, 0.717) is 28.0 Å². The summed E-state index contributed by atoms with van der Waals surface area (Å²) in [5.74, 6) is 0.880. The van der Waals surface area contributed by atoms with Crippen LogP contribution in [0.4, 0.5) is 19.0 Å². The fourth-order valence-electron chi connectivity index (χ4n) is 2.67. The molecule has 0 aliphatic heterocycles. The Kier molecular flexibility index (Phi) is 5.46. The number of methoxy groups -OCH3 is 2. The Morgan fingerprint density at radius 2 is 1.81 bits per heavy atom. The summed E-state index contributed by atoms with van der Waals surface area (Å²) in [4.78, 5) is 4.18. The van der Waals surface area contributed by atoms with Crippen LogP contribution in [-0.2, 0) is 12.7 Å². The van der Waals surface area contributed by atoms with Gasteiger partial charge in [0.15, 0.2) is 0 Å². The maximum Gasteiger partial charge on any atom is 0.419 e. The zero-order valence-corrected chi connectivity index (χ0v) is 16.1. The van der Waals surface area contributed by atoms with Gasteiger partial charge in [0, 0.05) is 28.0 Å². The second-order valence-electron chi connectivity index (χ2n) is 5.75. The molecule has 142 valence electrons. The molecule has 3 aromatic rings. The fourth-order valence-corrected chi connectivity index (χ4v) is 3.02. The molecule has 0 aliphatic rings. The molecule has 0 amide bonds. The smallest absolute Gasteiger partial charge is 0.419 e. The maximum absolute atomic E-state index is 13.5. The number of nitrogens with one attached hydrogen (secondary N) is 1. The average molecular weight is 441 g/mol. The number of alkyl halides is 3. The second kappa shape index (κ2) is 7.64. The SMILES string of the molecule is COc1ccc(CNc2nc3cc(Br)ccc3cc2C(F)(F)F)c(OC)c1. The molecule has 0 saturated carbocycles. The van der Waals surface area contributed by atoms with Gasteiger partial charge in [0.05, 0.1) is 25.3 Å². The van der Waals surface area contributed by atoms with Crippen LogP contribution in [0.3, 0.4) is 0 Å². The van der Waals surface area contributed by atoms with Crippen LogP contribution in [-0.4, -0.2) is 19.2 Å². The largest absolute Gasteiger partial charge is 0.497 e. The minimum atomic E-state index is -4.53. The third-order valence-corrected chi connectivity index (χ3v) is 4.52. The first-order chi connectivity index (χ1) is 12.8. The zero-order valence-electron chi connectivity index (χ0n) is 14.5. The normalized spacial score (nSPS) is 11.5. The van der Waals surface area contributed by atoms with Crippen molar-refractivity contribution in [1.82, 2.24) is 4.98 Å². The number of nitrogens with zero attached hydrogens (tertiary/aromatic N) is 1. The van der Waals surface area contributed by atoms with E-state index in [9.17, 15) is 13.2 Å². The molecule has 1 N–H and O–H groups in total. The molecule has 0 fully saturated rings. The third kappa shape index (κ3) is 4.27. The van der Waals surface area contributed by atoms with Crippen LogP contribution < -0.4 is 14.8 Å². The number of benzene rings is 2. The van der Waals surface area contributed by atoms with Gasteiger partial charge >= 0.3 is 6.18 Å². The highest BCUT2D eigenvalue weighted by molar-refractivity contribution is 9.10. The minimum absolute atomic E-state index is 0.114. The quantitative estimate of drug-likeness (QED) is 0.556. The van der Waals surface area contributed by atoms with Crippen molar-refractivity contribution < 1.29 is 22.6 Å². The third-order valence-electron chi connectivity index (χ3n) is 4.03. The highest BCUT2D eigenvalue weighted by atomic mass is 79.9. The zero-order chi connectivity index (χ0) is 19.6. The number of fused-ring (bicyclic) bond motifs is 1. The summed E-state index contributed by atoms with van der Waals surface area (Å²) in [7, 11) is 3.02. The lowest BCUT2D eigenvalue weighted by Crippen LogP contribution is -2.13. The van der Waals surface area contributed by atoms with Crippen molar-refractivity contribution in [3.05, 3.63) is 58.1 Å². The maximum atomic E-state index is 13.5. The van der Waals surface area contributed by atoms with Gasteiger partial charge < -0.3 is 14.8 Å². The summed E-state index contributed by atoms with van der Waals surface area (Å²) >= 11 is 3.31. The minimum Gasteiger partial charge on any atom is -0.497 e. The Morgan fingerprint density at radius 1 is 1.04 bits per heavy atom. The molecular weight excluding hydrogens is 425 g/mol. The molecule has 0 bridgehead atoms. The van der Waals surface area contributed by atoms with Crippen molar-refractivity contribution in [1.29, 1.82) is 0 Å². The lowest BCUT2D eigenvalue weighted by atomic mass is 10.1. The van der Waals surface area contributed by atoms with Crippen LogP contribution >= 0.6 is 15.9 Å². The highest BCUT2D eigenvalue weighted by Gasteiger charge is 2.34. The fraction of sp³-hybridized carbons (Fsp3) is 0.211. The van der Waals surface area contributed by atoms with Crippen LogP contribution in [0, 0.1) is 0 Å². The first-order valence-electron chi connectivity index (χ1n) is 7.94. The van der Waals surface area contributed by atoms with E-state index in [0.717, 1.165) is 10.5 Å². The second-order valence-corrected chi connectivity index (χ2v) is 6.67. The van der Waals surface area contributed by atoms with Gasteiger partial charge in [-0.2, -0.15) is 13.2 Å². The van der Waals surface area contributed by atoms with E-state index in [4.69, 9.17) is 9.47 Å². The molecule has 1 heterocycles. The lowest BCUT2D eigenvalue weighted by molar-refractivity contribution is -0.137. The van der Waals surface area contributed by atoms with E-state index < -0.39 is 11.7 Å². The van der Waals surface area contributed by atoms with Crippen molar-refractivity contribution in [2.45, 2.75) is 12.7 Å². The number of pyridine rings is 1. The first-order valence-corrected chi connectivity index (χ1v) is 8.73. The molecule has 0 spiro atoms. The van der Waals surface area contributed by atoms with Crippen molar-refractivity contribution in [3.63, 3.8) is 0 Å². The molecule has 0 atom stereocenters. The summed E-state index contributed by atoms with van der Waals surface area (Å²) in [6.45, 7) is 0.114. The van der Waals surface area contributed by atoms with Gasteiger partial charge in [-0.05, 0) is 30.3 Å². The van der Waals surface area contributed by atoms with Crippen LogP contribution in [0.5, 0.6) is 11.5 Å². The van der Waals surface area contributed by atoms with E-state index in [1.54, 1.807) is 36.4 Å². The van der Waals surface area contributed by atoms with Gasteiger partial charge in [-0.1, -0.05) is 22.0 Å². The molecule has 4 nitrogen and oxygen atoms in total. The number of anilines is 1. The summed E-state index contributed by atoms with van der Waals surface area (Å²) < 4.78 is 51.6. The predicted molar refractivity (Wildman–Crippen MR) is 101 cm³/mol. The topological polar surface area (TPSA) is 43.4 Å². The Morgan fingerprint density at radius 3 is 2.48 bits per heavy atom. The molecule has 0 unspecified atom stereocenters. The molecule has 0 aliphatic carbocycles. The van der Waals surface area contributed by atoms with Gasteiger partial charge in [0.25, 0.3) is 0 Å². The molecule has 0 saturated heterocycles. The number of hydrogen-bond donors (Lipinski definition) is 1. The highest BCUT2D eigenvalue weighted by Crippen LogP contribution is 2.37. The van der Waals surface area contributed by atoms with Crippen LogP contribution in [0.15, 0.2) is 46.9 Å². The molecule has 27 heavy (non-hydrogen) atoms. The summed E-state index contributed by atoms with van der Waals surface area (Å²) in [5.41, 5.74) is 0.328. The van der Waals surface area contributed by atoms with Crippen LogP contribution in [0.2, 0.25) is 0 Å². The summed E-state index contributed by atoms with van der Waals surface area (Å²) in [5, 5.41) is 3.21. The number of rotatable bonds is 5. The van der Waals surface area contributed by atoms with E-state index in [-0.39, 0.29) is 12.4 Å². The first kappa shape index (κ1) is 19.3. The summed E-state index contributed by atoms with van der Waals surface area (Å²) in [6.07, 6.45) is -4.53. The molecule has 0 radical (unpaired) electrons. The van der Waals surface area contributed by atoms with Gasteiger partial charge in [0.2, 0.25) is 0 Å². The predicted octanol–water partition coefficient (Wildman–Crippen LogP) is 5.65. The van der Waals surface area contributed by atoms with Crippen LogP contribution in [0.25, 0.3) is 10.9 Å². The number of aromatic nitrogens is 1. The number of ether oxygens (including phenoxy) is 2. The number of halogens is 4. The molecular formula is C19H16BrF3N2O2. The molecule has 3 rings (SSSR count). The van der Waals surface area contributed by atoms with E-state index in [1.165, 1.54) is 14.2 Å². The lowest BCUT2D eigenvalue weighted by Gasteiger charge is -2.16. The van der Waals surface area contributed by atoms with E-state index in [1.807, 2.05) is 0 Å². The van der Waals surface area contributed by atoms with E-state index in [2.05, 4.69) is 26.2 Å². The molecule has 2 aromatic carbocycles. The van der Waals surface area contributed by atoms with Crippen molar-refractivity contribution in [3.8, 4) is 11.5 Å². The Bertz CT molecular complexity index is 977. The molecule has 8 heteroatoms. The van der Waals surface area contributed by atoms with Gasteiger partial charge in [-0.25, -0.2) is 4.98 Å². The standard InChI is InChI=1S/C19H16BrF3N2O2/c1-26-14-6-4-12(17(9-14)27-2)10-24-18-15(19(21,22)23)7-11-3-5-13(20)8-16(11)25-18/h3-9H,10H2,1-2H3,(H,24,25). The Balaban J connectivity index is 1.98. The Labute approximate surface area is 162 Å². The average Bonchev–Trinajstić information content (AvgIpc) is 2.64. The van der Waals surface area contributed by atoms with Crippen molar-refractivity contribution in [2.24, 2.45) is 0 Å². The molecule has 1 aromatic heterocycles. The van der Waals surface area contributed by atoms with Gasteiger partial charge in [-0.3, -0.25) is 0 Å². The number of hydrogen-bond acceptors (Lipinski definition) is 4. The van der Waals surface area contributed by atoms with Crippen LogP contribution in [0.1, 0.15) is 11.1 Å². The monoisotopic (exact) mass is 440 g/mol. The van der Waals surface area contributed by atoms with Crippen molar-refractivity contribution in [2.75, 3.05) is 19.5 Å². The van der Waals surface area contributed by atoms with Gasteiger partial charge in [-0.15, -0.1) is 0 Å². The van der Waals surface area contributed by atoms with Crippen molar-refractivity contribution >= 4 is 32.7 Å². The van der Waals surface area contributed by atoms with E-state index >= 15 is 0 Å². The Hall–Kier alpha value is -2.48. The summed E-state index contributed by atoms with van der Waals surface area (Å²) in [6, 6.07) is 11.2. The van der Waals surface area contributed by atoms with Gasteiger partial charge in [0.1, 0.15) is 17.3 Å².